The first kappa shape index (κ1) is 18.8. The maximum atomic E-state index is 10.4. The summed E-state index contributed by atoms with van der Waals surface area (Å²) in [6, 6.07) is 8.75. The van der Waals surface area contributed by atoms with Crippen molar-refractivity contribution in [1.29, 1.82) is 0 Å². The Bertz CT molecular complexity index is 1040. The second kappa shape index (κ2) is 7.32. The summed E-state index contributed by atoms with van der Waals surface area (Å²) in [7, 11) is 5.49. The van der Waals surface area contributed by atoms with E-state index in [0.29, 0.717) is 33.9 Å². The van der Waals surface area contributed by atoms with Gasteiger partial charge in [0.05, 0.1) is 24.0 Å². The van der Waals surface area contributed by atoms with Crippen molar-refractivity contribution in [3.8, 4) is 34.3 Å². The first-order valence-corrected chi connectivity index (χ1v) is 8.86. The van der Waals surface area contributed by atoms with Gasteiger partial charge in [-0.05, 0) is 42.4 Å². The van der Waals surface area contributed by atoms with Gasteiger partial charge in [-0.15, -0.1) is 0 Å². The zero-order valence-corrected chi connectivity index (χ0v) is 16.5. The largest absolute Gasteiger partial charge is 0.508 e. The predicted octanol–water partition coefficient (Wildman–Crippen LogP) is 3.65. The van der Waals surface area contributed by atoms with Crippen molar-refractivity contribution in [3.05, 3.63) is 40.7 Å². The van der Waals surface area contributed by atoms with Crippen LogP contribution >= 0.6 is 12.2 Å². The number of aromatic hydroxyl groups is 2. The van der Waals surface area contributed by atoms with Crippen molar-refractivity contribution in [2.24, 2.45) is 0 Å². The van der Waals surface area contributed by atoms with Crippen LogP contribution in [0.3, 0.4) is 0 Å². The molecule has 0 aliphatic carbocycles. The van der Waals surface area contributed by atoms with Crippen LogP contribution in [0.2, 0.25) is 0 Å². The number of phenols is 2. The molecule has 0 bridgehead atoms. The van der Waals surface area contributed by atoms with Crippen LogP contribution in [0.4, 0.5) is 5.69 Å². The van der Waals surface area contributed by atoms with Crippen molar-refractivity contribution >= 4 is 17.9 Å². The third kappa shape index (κ3) is 3.35. The molecule has 0 saturated heterocycles. The number of H-pyrrole nitrogens is 1. The zero-order valence-electron chi connectivity index (χ0n) is 15.6. The summed E-state index contributed by atoms with van der Waals surface area (Å²) < 4.78 is 7.61. The molecule has 0 fully saturated rings. The van der Waals surface area contributed by atoms with Crippen LogP contribution in [0.1, 0.15) is 12.5 Å². The summed E-state index contributed by atoms with van der Waals surface area (Å²) in [6.45, 7) is 1.93. The molecule has 0 amide bonds. The molecule has 0 radical (unpaired) electrons. The molecular weight excluding hydrogens is 364 g/mol. The standard InChI is InChI=1S/C19H22N4O3S/c1-5-11-8-13(16(25)10-15(11)24)18-20-21-19(27)23(18)12-6-7-14(22(2)3)17(9-12)26-4/h6-10,24-25H,5H2,1-4H3,(H,21,27). The monoisotopic (exact) mass is 386 g/mol. The number of aryl methyl sites for hydroxylation is 1. The fraction of sp³-hybridized carbons (Fsp3) is 0.263. The van der Waals surface area contributed by atoms with Crippen molar-refractivity contribution in [2.45, 2.75) is 13.3 Å². The van der Waals surface area contributed by atoms with E-state index >= 15 is 0 Å². The first-order chi connectivity index (χ1) is 12.9. The summed E-state index contributed by atoms with van der Waals surface area (Å²) >= 11 is 5.41. The Morgan fingerprint density at radius 3 is 2.56 bits per heavy atom. The lowest BCUT2D eigenvalue weighted by atomic mass is 10.1. The molecule has 0 spiro atoms. The van der Waals surface area contributed by atoms with Crippen molar-refractivity contribution < 1.29 is 14.9 Å². The van der Waals surface area contributed by atoms with Gasteiger partial charge in [0, 0.05) is 26.2 Å². The molecule has 0 saturated carbocycles. The molecule has 3 aromatic rings. The van der Waals surface area contributed by atoms with E-state index in [0.717, 1.165) is 11.4 Å². The number of hydrogen-bond donors (Lipinski definition) is 3. The molecule has 0 unspecified atom stereocenters. The molecule has 0 aliphatic rings. The van der Waals surface area contributed by atoms with E-state index in [-0.39, 0.29) is 11.5 Å². The molecule has 2 aromatic carbocycles. The summed E-state index contributed by atoms with van der Waals surface area (Å²) in [5, 5.41) is 27.4. The number of phenolic OH excluding ortho intramolecular Hbond substituents is 2. The number of aromatic amines is 1. The van der Waals surface area contributed by atoms with Crippen LogP contribution in [0.25, 0.3) is 17.1 Å². The number of aromatic nitrogens is 3. The Kier molecular flexibility index (Phi) is 5.09. The van der Waals surface area contributed by atoms with Gasteiger partial charge >= 0.3 is 0 Å². The van der Waals surface area contributed by atoms with E-state index in [1.807, 2.05) is 44.1 Å². The maximum absolute atomic E-state index is 10.4. The molecular formula is C19H22N4O3S. The topological polar surface area (TPSA) is 86.5 Å². The van der Waals surface area contributed by atoms with Crippen molar-refractivity contribution in [3.63, 3.8) is 0 Å². The van der Waals surface area contributed by atoms with Crippen molar-refractivity contribution in [2.75, 3.05) is 26.1 Å². The fourth-order valence-corrected chi connectivity index (χ4v) is 3.21. The van der Waals surface area contributed by atoms with Gasteiger partial charge in [0.1, 0.15) is 17.2 Å². The van der Waals surface area contributed by atoms with Gasteiger partial charge in [-0.25, -0.2) is 0 Å². The van der Waals surface area contributed by atoms with E-state index in [1.54, 1.807) is 17.7 Å². The second-order valence-electron chi connectivity index (χ2n) is 6.29. The van der Waals surface area contributed by atoms with Gasteiger partial charge in [0.25, 0.3) is 0 Å². The molecule has 0 atom stereocenters. The third-order valence-electron chi connectivity index (χ3n) is 4.39. The average Bonchev–Trinajstić information content (AvgIpc) is 3.02. The van der Waals surface area contributed by atoms with Gasteiger partial charge in [0.2, 0.25) is 0 Å². The molecule has 27 heavy (non-hydrogen) atoms. The molecule has 3 rings (SSSR count). The minimum atomic E-state index is -0.0724. The van der Waals surface area contributed by atoms with E-state index in [9.17, 15) is 10.2 Å². The quantitative estimate of drug-likeness (QED) is 0.581. The number of nitrogens with one attached hydrogen (secondary N) is 1. The number of methoxy groups -OCH3 is 1. The van der Waals surface area contributed by atoms with Crippen molar-refractivity contribution in [1.82, 2.24) is 14.8 Å². The zero-order chi connectivity index (χ0) is 19.7. The molecule has 8 heteroatoms. The van der Waals surface area contributed by atoms with Crippen LogP contribution in [0.5, 0.6) is 17.2 Å². The van der Waals surface area contributed by atoms with E-state index in [4.69, 9.17) is 17.0 Å². The fourth-order valence-electron chi connectivity index (χ4n) is 2.98. The number of hydrogen-bond acceptors (Lipinski definition) is 6. The molecule has 1 aromatic heterocycles. The lowest BCUT2D eigenvalue weighted by Crippen LogP contribution is -2.10. The predicted molar refractivity (Wildman–Crippen MR) is 108 cm³/mol. The summed E-state index contributed by atoms with van der Waals surface area (Å²) in [5.41, 5.74) is 2.87. The van der Waals surface area contributed by atoms with Crippen LogP contribution in [0, 0.1) is 4.77 Å². The number of benzene rings is 2. The minimum Gasteiger partial charge on any atom is -0.508 e. The van der Waals surface area contributed by atoms with Gasteiger partial charge in [-0.1, -0.05) is 6.92 Å². The van der Waals surface area contributed by atoms with Crippen LogP contribution < -0.4 is 9.64 Å². The number of anilines is 1. The highest BCUT2D eigenvalue weighted by molar-refractivity contribution is 7.71. The number of ether oxygens (including phenoxy) is 1. The minimum absolute atomic E-state index is 0.0523. The Morgan fingerprint density at radius 1 is 1.19 bits per heavy atom. The normalized spacial score (nSPS) is 10.8. The average molecular weight is 386 g/mol. The number of nitrogens with zero attached hydrogens (tertiary/aromatic N) is 3. The Morgan fingerprint density at radius 2 is 1.93 bits per heavy atom. The van der Waals surface area contributed by atoms with Crippen LogP contribution in [-0.4, -0.2) is 46.2 Å². The maximum Gasteiger partial charge on any atom is 0.200 e. The lowest BCUT2D eigenvalue weighted by Gasteiger charge is -2.18. The Balaban J connectivity index is 2.22. The molecule has 3 N–H and O–H groups in total. The van der Waals surface area contributed by atoms with Gasteiger partial charge in [0.15, 0.2) is 10.6 Å². The molecule has 1 heterocycles. The molecule has 0 aliphatic heterocycles. The molecule has 142 valence electrons. The van der Waals surface area contributed by atoms with E-state index in [1.165, 1.54) is 6.07 Å². The highest BCUT2D eigenvalue weighted by Crippen LogP contribution is 2.36. The van der Waals surface area contributed by atoms with Gasteiger partial charge < -0.3 is 19.8 Å². The van der Waals surface area contributed by atoms with E-state index < -0.39 is 0 Å². The van der Waals surface area contributed by atoms with E-state index in [2.05, 4.69) is 10.2 Å². The van der Waals surface area contributed by atoms with Gasteiger partial charge in [-0.2, -0.15) is 5.10 Å². The highest BCUT2D eigenvalue weighted by atomic mass is 32.1. The second-order valence-corrected chi connectivity index (χ2v) is 6.68. The number of rotatable bonds is 5. The Labute approximate surface area is 162 Å². The van der Waals surface area contributed by atoms with Crippen LogP contribution in [0.15, 0.2) is 30.3 Å². The first-order valence-electron chi connectivity index (χ1n) is 8.45. The summed E-state index contributed by atoms with van der Waals surface area (Å²) in [5.74, 6) is 1.12. The summed E-state index contributed by atoms with van der Waals surface area (Å²) in [4.78, 5) is 1.96. The lowest BCUT2D eigenvalue weighted by molar-refractivity contribution is 0.415. The Hall–Kier alpha value is -3.00. The SMILES string of the molecule is CCc1cc(-c2n[nH]c(=S)n2-c2ccc(N(C)C)c(OC)c2)c(O)cc1O. The summed E-state index contributed by atoms with van der Waals surface area (Å²) in [6.07, 6.45) is 0.621. The van der Waals surface area contributed by atoms with Gasteiger partial charge in [-0.3, -0.25) is 9.67 Å². The highest BCUT2D eigenvalue weighted by Gasteiger charge is 2.18. The van der Waals surface area contributed by atoms with Crippen LogP contribution in [-0.2, 0) is 6.42 Å². The smallest absolute Gasteiger partial charge is 0.200 e. The molecule has 7 nitrogen and oxygen atoms in total. The third-order valence-corrected chi connectivity index (χ3v) is 4.67.